The van der Waals surface area contributed by atoms with Crippen LogP contribution in [0.4, 0.5) is 0 Å². The first kappa shape index (κ1) is 25.0. The van der Waals surface area contributed by atoms with Crippen LogP contribution in [0.2, 0.25) is 0 Å². The monoisotopic (exact) mass is 513 g/mol. The highest BCUT2D eigenvalue weighted by Crippen LogP contribution is 2.45. The Hall–Kier alpha value is -4.72. The summed E-state index contributed by atoms with van der Waals surface area (Å²) in [5.74, 6) is -0.701. The first-order valence-electron chi connectivity index (χ1n) is 12.1. The van der Waals surface area contributed by atoms with Crippen LogP contribution in [0.1, 0.15) is 27.7 Å². The zero-order valence-electron chi connectivity index (χ0n) is 21.3. The molecule has 4 aromatic rings. The number of aliphatic hydroxyl groups is 1. The second kappa shape index (κ2) is 10.3. The Bertz CT molecular complexity index is 1480. The van der Waals surface area contributed by atoms with E-state index >= 15 is 0 Å². The van der Waals surface area contributed by atoms with Gasteiger partial charge in [0.1, 0.15) is 5.58 Å². The zero-order valence-corrected chi connectivity index (χ0v) is 21.3. The van der Waals surface area contributed by atoms with E-state index in [1.54, 1.807) is 30.3 Å². The number of carbonyl (C=O) groups is 2. The lowest BCUT2D eigenvalue weighted by Crippen LogP contribution is -2.33. The summed E-state index contributed by atoms with van der Waals surface area (Å²) in [4.78, 5) is 28.7. The van der Waals surface area contributed by atoms with Crippen LogP contribution in [0.25, 0.3) is 11.0 Å². The fraction of sp³-hybridized carbons (Fsp3) is 0.200. The van der Waals surface area contributed by atoms with E-state index in [2.05, 4.69) is 0 Å². The van der Waals surface area contributed by atoms with Gasteiger partial charge in [-0.1, -0.05) is 48.5 Å². The van der Waals surface area contributed by atoms with E-state index in [4.69, 9.17) is 18.6 Å². The third-order valence-corrected chi connectivity index (χ3v) is 6.68. The Morgan fingerprint density at radius 2 is 1.58 bits per heavy atom. The summed E-state index contributed by atoms with van der Waals surface area (Å²) >= 11 is 0. The molecule has 0 aliphatic carbocycles. The molecule has 3 aromatic carbocycles. The normalized spacial score (nSPS) is 15.3. The van der Waals surface area contributed by atoms with Crippen molar-refractivity contribution in [3.63, 3.8) is 0 Å². The topological polar surface area (TPSA) is 98.4 Å². The van der Waals surface area contributed by atoms with E-state index in [0.717, 1.165) is 10.9 Å². The number of aliphatic hydroxyl groups excluding tert-OH is 1. The van der Waals surface area contributed by atoms with Crippen LogP contribution in [0.3, 0.4) is 0 Å². The number of hydrogen-bond acceptors (Lipinski definition) is 7. The molecule has 2 heterocycles. The summed E-state index contributed by atoms with van der Waals surface area (Å²) in [7, 11) is 4.47. The maximum absolute atomic E-state index is 13.8. The number of nitrogens with zero attached hydrogens (tertiary/aromatic N) is 1. The number of rotatable bonds is 9. The largest absolute Gasteiger partial charge is 0.503 e. The Morgan fingerprint density at radius 1 is 0.921 bits per heavy atom. The molecule has 0 unspecified atom stereocenters. The summed E-state index contributed by atoms with van der Waals surface area (Å²) in [6.45, 7) is 0.255. The van der Waals surface area contributed by atoms with Gasteiger partial charge in [-0.05, 0) is 41.8 Å². The molecular weight excluding hydrogens is 486 g/mol. The molecule has 0 saturated heterocycles. The number of para-hydroxylation sites is 1. The predicted molar refractivity (Wildman–Crippen MR) is 141 cm³/mol. The summed E-state index contributed by atoms with van der Waals surface area (Å²) < 4.78 is 22.3. The number of Topliss-reactive ketones (excluding diaryl/α,β-unsaturated/α-hetero) is 1. The molecular formula is C30H27NO7. The van der Waals surface area contributed by atoms with Gasteiger partial charge in [0, 0.05) is 11.9 Å². The molecule has 1 aromatic heterocycles. The molecule has 1 aliphatic heterocycles. The molecule has 1 aliphatic rings. The summed E-state index contributed by atoms with van der Waals surface area (Å²) in [6.07, 6.45) is 0.521. The van der Waals surface area contributed by atoms with Crippen molar-refractivity contribution >= 4 is 22.7 Å². The number of furan rings is 1. The minimum absolute atomic E-state index is 0.0305. The number of methoxy groups -OCH3 is 3. The maximum atomic E-state index is 13.8. The highest BCUT2D eigenvalue weighted by atomic mass is 16.5. The smallest absolute Gasteiger partial charge is 0.290 e. The fourth-order valence-electron chi connectivity index (χ4n) is 4.84. The Kier molecular flexibility index (Phi) is 6.79. The molecule has 1 N–H and O–H groups in total. The van der Waals surface area contributed by atoms with Crippen LogP contribution in [-0.2, 0) is 11.2 Å². The number of amides is 1. The standard InChI is InChI=1S/C30H27NO7/c1-35-23-16-20(17-24(36-2)29(23)37-3)26-25(27(32)22-15-19-11-7-8-12-21(19)38-22)28(33)30(34)31(26)14-13-18-9-5-4-6-10-18/h4-12,15-17,26,33H,13-14H2,1-3H3/t26-/m1/s1. The Morgan fingerprint density at radius 3 is 2.21 bits per heavy atom. The third kappa shape index (κ3) is 4.34. The maximum Gasteiger partial charge on any atom is 0.290 e. The number of ketones is 1. The SMILES string of the molecule is COc1cc([C@@H]2C(C(=O)c3cc4ccccc4o3)=C(O)C(=O)N2CCc2ccccc2)cc(OC)c1OC. The highest BCUT2D eigenvalue weighted by molar-refractivity contribution is 6.16. The van der Waals surface area contributed by atoms with Crippen molar-refractivity contribution in [2.45, 2.75) is 12.5 Å². The van der Waals surface area contributed by atoms with Crippen molar-refractivity contribution in [2.75, 3.05) is 27.9 Å². The van der Waals surface area contributed by atoms with Crippen molar-refractivity contribution < 1.29 is 33.3 Å². The van der Waals surface area contributed by atoms with Crippen molar-refractivity contribution in [3.05, 3.63) is 101 Å². The summed E-state index contributed by atoms with van der Waals surface area (Å²) in [6, 6.07) is 21.0. The number of carbonyl (C=O) groups excluding carboxylic acids is 2. The average molecular weight is 514 g/mol. The molecule has 5 rings (SSSR count). The molecule has 0 saturated carbocycles. The average Bonchev–Trinajstić information content (AvgIpc) is 3.50. The van der Waals surface area contributed by atoms with Crippen LogP contribution in [0.15, 0.2) is 88.5 Å². The van der Waals surface area contributed by atoms with Gasteiger partial charge in [0.05, 0.1) is 32.9 Å². The van der Waals surface area contributed by atoms with Gasteiger partial charge in [0.15, 0.2) is 23.0 Å². The van der Waals surface area contributed by atoms with E-state index in [1.807, 2.05) is 42.5 Å². The second-order valence-electron chi connectivity index (χ2n) is 8.84. The molecule has 8 heteroatoms. The molecule has 38 heavy (non-hydrogen) atoms. The molecule has 1 amide bonds. The predicted octanol–water partition coefficient (Wildman–Crippen LogP) is 5.28. The summed E-state index contributed by atoms with van der Waals surface area (Å²) in [5, 5.41) is 11.8. The van der Waals surface area contributed by atoms with Crippen LogP contribution < -0.4 is 14.2 Å². The van der Waals surface area contributed by atoms with Crippen LogP contribution in [0.5, 0.6) is 17.2 Å². The number of hydrogen-bond donors (Lipinski definition) is 1. The third-order valence-electron chi connectivity index (χ3n) is 6.68. The van der Waals surface area contributed by atoms with Crippen molar-refractivity contribution in [1.82, 2.24) is 4.90 Å². The summed E-state index contributed by atoms with van der Waals surface area (Å²) in [5.41, 5.74) is 1.99. The number of ether oxygens (including phenoxy) is 3. The van der Waals surface area contributed by atoms with Crippen LogP contribution in [0, 0.1) is 0 Å². The lowest BCUT2D eigenvalue weighted by Gasteiger charge is -2.28. The van der Waals surface area contributed by atoms with Crippen molar-refractivity contribution in [1.29, 1.82) is 0 Å². The first-order valence-corrected chi connectivity index (χ1v) is 12.1. The lowest BCUT2D eigenvalue weighted by molar-refractivity contribution is -0.129. The van der Waals surface area contributed by atoms with Gasteiger partial charge in [-0.3, -0.25) is 9.59 Å². The first-order chi connectivity index (χ1) is 18.5. The molecule has 8 nitrogen and oxygen atoms in total. The van der Waals surface area contributed by atoms with Gasteiger partial charge in [0.25, 0.3) is 5.91 Å². The minimum atomic E-state index is -0.916. The van der Waals surface area contributed by atoms with Gasteiger partial charge < -0.3 is 28.6 Å². The van der Waals surface area contributed by atoms with Gasteiger partial charge in [-0.25, -0.2) is 0 Å². The molecule has 194 valence electrons. The molecule has 0 fully saturated rings. The van der Waals surface area contributed by atoms with Crippen LogP contribution >= 0.6 is 0 Å². The van der Waals surface area contributed by atoms with Crippen molar-refractivity contribution in [2.24, 2.45) is 0 Å². The molecule has 0 radical (unpaired) electrons. The second-order valence-corrected chi connectivity index (χ2v) is 8.84. The van der Waals surface area contributed by atoms with Crippen LogP contribution in [-0.4, -0.2) is 49.6 Å². The lowest BCUT2D eigenvalue weighted by atomic mass is 9.94. The Balaban J connectivity index is 1.62. The molecule has 0 bridgehead atoms. The van der Waals surface area contributed by atoms with E-state index in [0.29, 0.717) is 34.8 Å². The van der Waals surface area contributed by atoms with Gasteiger partial charge in [0.2, 0.25) is 11.5 Å². The van der Waals surface area contributed by atoms with E-state index in [1.165, 1.54) is 26.2 Å². The Labute approximate surface area is 219 Å². The number of fused-ring (bicyclic) bond motifs is 1. The van der Waals surface area contributed by atoms with Crippen molar-refractivity contribution in [3.8, 4) is 17.2 Å². The van der Waals surface area contributed by atoms with E-state index in [9.17, 15) is 14.7 Å². The minimum Gasteiger partial charge on any atom is -0.503 e. The number of benzene rings is 3. The fourth-order valence-corrected chi connectivity index (χ4v) is 4.84. The molecule has 0 spiro atoms. The quantitative estimate of drug-likeness (QED) is 0.304. The van der Waals surface area contributed by atoms with E-state index < -0.39 is 23.5 Å². The van der Waals surface area contributed by atoms with Gasteiger partial charge >= 0.3 is 0 Å². The van der Waals surface area contributed by atoms with Gasteiger partial charge in [-0.15, -0.1) is 0 Å². The van der Waals surface area contributed by atoms with E-state index in [-0.39, 0.29) is 17.9 Å². The van der Waals surface area contributed by atoms with Gasteiger partial charge in [-0.2, -0.15) is 0 Å². The molecule has 1 atom stereocenters. The highest BCUT2D eigenvalue weighted by Gasteiger charge is 2.45. The zero-order chi connectivity index (χ0) is 26.8.